The van der Waals surface area contributed by atoms with Gasteiger partial charge in [-0.3, -0.25) is 4.90 Å². The molecule has 4 fully saturated rings. The third-order valence-electron chi connectivity index (χ3n) is 7.20. The van der Waals surface area contributed by atoms with E-state index in [1.807, 2.05) is 0 Å². The van der Waals surface area contributed by atoms with Crippen LogP contribution in [0.2, 0.25) is 0 Å². The Hall–Kier alpha value is -1.22. The fraction of sp³-hybridized carbons (Fsp3) is 0.700. The van der Waals surface area contributed by atoms with Crippen molar-refractivity contribution < 1.29 is 4.74 Å². The van der Waals surface area contributed by atoms with Crippen molar-refractivity contribution in [2.75, 3.05) is 25.5 Å². The molecule has 0 amide bonds. The third kappa shape index (κ3) is 1.98. The van der Waals surface area contributed by atoms with E-state index < -0.39 is 0 Å². The first-order valence-electron chi connectivity index (χ1n) is 9.47. The number of methoxy groups -OCH3 is 1. The molecule has 1 aliphatic carbocycles. The van der Waals surface area contributed by atoms with Gasteiger partial charge in [0.1, 0.15) is 5.75 Å². The molecule has 7 atom stereocenters. The summed E-state index contributed by atoms with van der Waals surface area (Å²) in [5.41, 5.74) is 2.87. The molecule has 3 saturated heterocycles. The monoisotopic (exact) mass is 312 g/mol. The van der Waals surface area contributed by atoms with E-state index in [0.29, 0.717) is 12.0 Å². The van der Waals surface area contributed by atoms with Gasteiger partial charge in [0.15, 0.2) is 0 Å². The predicted octanol–water partition coefficient (Wildman–Crippen LogP) is 3.71. The molecule has 23 heavy (non-hydrogen) atoms. The van der Waals surface area contributed by atoms with Gasteiger partial charge in [0.25, 0.3) is 0 Å². The average molecular weight is 312 g/mol. The SMILES string of the molecule is CC[C@H]1CC2C[C@H]3C4Nc5ccc(OC)cc5C4CCN(C2)C13. The minimum Gasteiger partial charge on any atom is -0.497 e. The van der Waals surface area contributed by atoms with Gasteiger partial charge >= 0.3 is 0 Å². The van der Waals surface area contributed by atoms with Crippen molar-refractivity contribution in [2.45, 2.75) is 50.6 Å². The van der Waals surface area contributed by atoms with Crippen LogP contribution in [-0.4, -0.2) is 37.2 Å². The van der Waals surface area contributed by atoms with Gasteiger partial charge in [-0.05, 0) is 67.3 Å². The Balaban J connectivity index is 1.53. The molecule has 3 nitrogen and oxygen atoms in total. The van der Waals surface area contributed by atoms with Gasteiger partial charge in [0.2, 0.25) is 0 Å². The number of hydrogen-bond donors (Lipinski definition) is 1. The van der Waals surface area contributed by atoms with Gasteiger partial charge in [0.05, 0.1) is 7.11 Å². The van der Waals surface area contributed by atoms with Crippen LogP contribution in [0.3, 0.4) is 0 Å². The molecule has 1 aromatic rings. The highest BCUT2D eigenvalue weighted by Gasteiger charge is 2.53. The Labute approximate surface area is 139 Å². The molecule has 6 rings (SSSR count). The van der Waals surface area contributed by atoms with Crippen LogP contribution < -0.4 is 10.1 Å². The summed E-state index contributed by atoms with van der Waals surface area (Å²) in [4.78, 5) is 2.86. The molecule has 4 heterocycles. The summed E-state index contributed by atoms with van der Waals surface area (Å²) in [7, 11) is 1.78. The number of rotatable bonds is 2. The van der Waals surface area contributed by atoms with E-state index in [1.54, 1.807) is 7.11 Å². The lowest BCUT2D eigenvalue weighted by atomic mass is 9.63. The molecule has 0 aromatic heterocycles. The quantitative estimate of drug-likeness (QED) is 0.901. The van der Waals surface area contributed by atoms with E-state index in [2.05, 4.69) is 35.3 Å². The lowest BCUT2D eigenvalue weighted by molar-refractivity contribution is -0.0383. The Morgan fingerprint density at radius 1 is 1.30 bits per heavy atom. The summed E-state index contributed by atoms with van der Waals surface area (Å²) in [5, 5.41) is 3.93. The van der Waals surface area contributed by atoms with E-state index in [-0.39, 0.29) is 0 Å². The van der Waals surface area contributed by atoms with Gasteiger partial charge in [0, 0.05) is 30.2 Å². The zero-order chi connectivity index (χ0) is 15.6. The predicted molar refractivity (Wildman–Crippen MR) is 93.1 cm³/mol. The van der Waals surface area contributed by atoms with E-state index in [9.17, 15) is 0 Å². The highest BCUT2D eigenvalue weighted by atomic mass is 16.5. The molecular weight excluding hydrogens is 284 g/mol. The van der Waals surface area contributed by atoms with Crippen molar-refractivity contribution in [1.29, 1.82) is 0 Å². The second kappa shape index (κ2) is 5.14. The van der Waals surface area contributed by atoms with E-state index >= 15 is 0 Å². The maximum absolute atomic E-state index is 5.48. The topological polar surface area (TPSA) is 24.5 Å². The average Bonchev–Trinajstić information content (AvgIpc) is 2.92. The highest BCUT2D eigenvalue weighted by molar-refractivity contribution is 5.62. The molecule has 0 spiro atoms. The zero-order valence-corrected chi connectivity index (χ0v) is 14.3. The van der Waals surface area contributed by atoms with Gasteiger partial charge in [-0.25, -0.2) is 0 Å². The Bertz CT molecular complexity index is 616. The van der Waals surface area contributed by atoms with Gasteiger partial charge in [-0.15, -0.1) is 0 Å². The molecule has 3 heteroatoms. The number of nitrogens with zero attached hydrogens (tertiary/aromatic N) is 1. The lowest BCUT2D eigenvalue weighted by Gasteiger charge is -2.54. The van der Waals surface area contributed by atoms with E-state index in [1.165, 1.54) is 50.0 Å². The number of hydrogen-bond acceptors (Lipinski definition) is 3. The first-order chi connectivity index (χ1) is 11.3. The summed E-state index contributed by atoms with van der Waals surface area (Å²) < 4.78 is 5.48. The van der Waals surface area contributed by atoms with E-state index in [4.69, 9.17) is 4.74 Å². The molecule has 1 saturated carbocycles. The second-order valence-corrected chi connectivity index (χ2v) is 8.17. The highest BCUT2D eigenvalue weighted by Crippen LogP contribution is 2.53. The molecule has 5 unspecified atom stereocenters. The van der Waals surface area contributed by atoms with Crippen LogP contribution >= 0.6 is 0 Å². The van der Waals surface area contributed by atoms with Crippen molar-refractivity contribution >= 4 is 5.69 Å². The van der Waals surface area contributed by atoms with Crippen LogP contribution in [0.4, 0.5) is 5.69 Å². The number of benzene rings is 1. The van der Waals surface area contributed by atoms with Crippen molar-refractivity contribution in [2.24, 2.45) is 17.8 Å². The van der Waals surface area contributed by atoms with E-state index in [0.717, 1.165) is 29.5 Å². The number of nitrogens with one attached hydrogen (secondary N) is 1. The summed E-state index contributed by atoms with van der Waals surface area (Å²) in [6, 6.07) is 8.09. The molecule has 4 aliphatic heterocycles. The van der Waals surface area contributed by atoms with Crippen LogP contribution in [0.5, 0.6) is 5.75 Å². The number of fused-ring (bicyclic) bond motifs is 4. The first-order valence-corrected chi connectivity index (χ1v) is 9.47. The zero-order valence-electron chi connectivity index (χ0n) is 14.3. The number of piperidine rings is 2. The van der Waals surface area contributed by atoms with Crippen molar-refractivity contribution in [3.05, 3.63) is 23.8 Å². The minimum atomic E-state index is 0.643. The fourth-order valence-corrected chi connectivity index (χ4v) is 6.34. The van der Waals surface area contributed by atoms with Crippen LogP contribution in [0.15, 0.2) is 18.2 Å². The minimum absolute atomic E-state index is 0.643. The maximum Gasteiger partial charge on any atom is 0.119 e. The van der Waals surface area contributed by atoms with Gasteiger partial charge in [-0.1, -0.05) is 13.3 Å². The standard InChI is InChI=1S/C20H28N2O/c1-3-13-8-12-9-17-19-15(6-7-22(11-12)20(13)17)16-10-14(23-2)4-5-18(16)21-19/h4-5,10,12-13,15,17,19-21H,3,6-9,11H2,1-2H3/t12?,13-,15?,17-,19?,20?/m0/s1. The summed E-state index contributed by atoms with van der Waals surface area (Å²) in [6.07, 6.45) is 5.57. The molecule has 1 N–H and O–H groups in total. The maximum atomic E-state index is 5.48. The number of ether oxygens (including phenoxy) is 1. The van der Waals surface area contributed by atoms with Crippen LogP contribution in [-0.2, 0) is 0 Å². The fourth-order valence-electron chi connectivity index (χ4n) is 6.34. The third-order valence-corrected chi connectivity index (χ3v) is 7.20. The number of anilines is 1. The van der Waals surface area contributed by atoms with Gasteiger partial charge in [-0.2, -0.15) is 0 Å². The molecule has 124 valence electrons. The molecule has 1 aromatic carbocycles. The molecule has 4 bridgehead atoms. The van der Waals surface area contributed by atoms with Crippen LogP contribution in [0.1, 0.15) is 44.1 Å². The normalized spacial score (nSPS) is 43.3. The largest absolute Gasteiger partial charge is 0.497 e. The van der Waals surface area contributed by atoms with Crippen molar-refractivity contribution in [1.82, 2.24) is 4.90 Å². The molecular formula is C20H28N2O. The van der Waals surface area contributed by atoms with Crippen molar-refractivity contribution in [3.63, 3.8) is 0 Å². The Morgan fingerprint density at radius 3 is 3.04 bits per heavy atom. The van der Waals surface area contributed by atoms with Crippen LogP contribution in [0.25, 0.3) is 0 Å². The van der Waals surface area contributed by atoms with Crippen LogP contribution in [0, 0.1) is 17.8 Å². The van der Waals surface area contributed by atoms with Crippen molar-refractivity contribution in [3.8, 4) is 5.75 Å². The summed E-state index contributed by atoms with van der Waals surface area (Å²) >= 11 is 0. The summed E-state index contributed by atoms with van der Waals surface area (Å²) in [5.74, 6) is 4.37. The Morgan fingerprint density at radius 2 is 2.22 bits per heavy atom. The molecule has 5 aliphatic rings. The first kappa shape index (κ1) is 14.2. The van der Waals surface area contributed by atoms with Gasteiger partial charge < -0.3 is 10.1 Å². The summed E-state index contributed by atoms with van der Waals surface area (Å²) in [6.45, 7) is 5.05. The second-order valence-electron chi connectivity index (χ2n) is 8.17. The lowest BCUT2D eigenvalue weighted by Crippen LogP contribution is -2.59. The smallest absolute Gasteiger partial charge is 0.119 e. The molecule has 0 radical (unpaired) electrons. The Kier molecular flexibility index (Phi) is 3.16.